The first-order valence-corrected chi connectivity index (χ1v) is 6.90. The maximum absolute atomic E-state index is 12.5. The van der Waals surface area contributed by atoms with E-state index in [1.54, 1.807) is 0 Å². The Hall–Kier alpha value is -1.35. The molecule has 0 saturated heterocycles. The van der Waals surface area contributed by atoms with Gasteiger partial charge in [0.2, 0.25) is 5.91 Å². The van der Waals surface area contributed by atoms with Crippen LogP contribution in [0.1, 0.15) is 39.2 Å². The zero-order chi connectivity index (χ0) is 14.5. The van der Waals surface area contributed by atoms with Gasteiger partial charge in [0.05, 0.1) is 0 Å². The fourth-order valence-corrected chi connectivity index (χ4v) is 1.99. The summed E-state index contributed by atoms with van der Waals surface area (Å²) in [6.45, 7) is 9.59. The van der Waals surface area contributed by atoms with E-state index >= 15 is 0 Å². The number of rotatable bonds is 5. The van der Waals surface area contributed by atoms with Gasteiger partial charge in [-0.05, 0) is 43.0 Å². The molecule has 0 aliphatic carbocycles. The average Bonchev–Trinajstić information content (AvgIpc) is 2.27. The van der Waals surface area contributed by atoms with E-state index in [0.717, 1.165) is 12.1 Å². The van der Waals surface area contributed by atoms with E-state index in [-0.39, 0.29) is 11.3 Å². The van der Waals surface area contributed by atoms with Crippen molar-refractivity contribution >= 4 is 11.6 Å². The molecule has 3 heteroatoms. The molecule has 1 rings (SSSR count). The molecule has 0 atom stereocenters. The van der Waals surface area contributed by atoms with Crippen LogP contribution < -0.4 is 10.6 Å². The summed E-state index contributed by atoms with van der Waals surface area (Å²) < 4.78 is 0. The van der Waals surface area contributed by atoms with Gasteiger partial charge in [0.25, 0.3) is 0 Å². The molecule has 0 heterocycles. The second kappa shape index (κ2) is 6.71. The number of anilines is 1. The van der Waals surface area contributed by atoms with Gasteiger partial charge in [-0.15, -0.1) is 0 Å². The van der Waals surface area contributed by atoms with Gasteiger partial charge in [0.1, 0.15) is 0 Å². The summed E-state index contributed by atoms with van der Waals surface area (Å²) in [6, 6.07) is 8.07. The highest BCUT2D eigenvalue weighted by Gasteiger charge is 2.22. The van der Waals surface area contributed by atoms with Crippen molar-refractivity contribution in [3.8, 4) is 0 Å². The molecule has 0 spiro atoms. The van der Waals surface area contributed by atoms with Crippen molar-refractivity contribution < 1.29 is 4.79 Å². The van der Waals surface area contributed by atoms with E-state index in [4.69, 9.17) is 5.73 Å². The van der Waals surface area contributed by atoms with Crippen LogP contribution in [0.4, 0.5) is 5.69 Å². The summed E-state index contributed by atoms with van der Waals surface area (Å²) >= 11 is 0. The Labute approximate surface area is 116 Å². The lowest BCUT2D eigenvalue weighted by atomic mass is 9.91. The van der Waals surface area contributed by atoms with Crippen LogP contribution in [-0.4, -0.2) is 19.0 Å². The second-order valence-electron chi connectivity index (χ2n) is 6.26. The smallest absolute Gasteiger partial charge is 0.227 e. The van der Waals surface area contributed by atoms with E-state index < -0.39 is 0 Å². The van der Waals surface area contributed by atoms with Crippen molar-refractivity contribution in [1.82, 2.24) is 0 Å². The maximum atomic E-state index is 12.5. The Kier molecular flexibility index (Phi) is 5.55. The van der Waals surface area contributed by atoms with Gasteiger partial charge < -0.3 is 10.6 Å². The summed E-state index contributed by atoms with van der Waals surface area (Å²) in [5.74, 6) is 0.173. The van der Waals surface area contributed by atoms with Crippen LogP contribution in [0.25, 0.3) is 0 Å². The standard InChI is InChI=1S/C16H26N2O/c1-13-7-5-8-14(11-13)18(10-6-9-17)15(19)12-16(2,3)4/h5,7-8,11H,6,9-10,12,17H2,1-4H3. The molecule has 0 saturated carbocycles. The Morgan fingerprint density at radius 1 is 1.32 bits per heavy atom. The number of carbonyl (C=O) groups is 1. The first-order valence-electron chi connectivity index (χ1n) is 6.90. The Morgan fingerprint density at radius 2 is 2.00 bits per heavy atom. The lowest BCUT2D eigenvalue weighted by Crippen LogP contribution is -2.35. The molecule has 1 aromatic rings. The minimum Gasteiger partial charge on any atom is -0.330 e. The first-order chi connectivity index (χ1) is 8.83. The van der Waals surface area contributed by atoms with Crippen molar-refractivity contribution in [2.75, 3.05) is 18.0 Å². The van der Waals surface area contributed by atoms with Crippen LogP contribution >= 0.6 is 0 Å². The third-order valence-electron chi connectivity index (χ3n) is 2.88. The number of carbonyl (C=O) groups excluding carboxylic acids is 1. The van der Waals surface area contributed by atoms with Crippen molar-refractivity contribution in [2.24, 2.45) is 11.1 Å². The van der Waals surface area contributed by atoms with Gasteiger partial charge in [0, 0.05) is 18.7 Å². The molecule has 0 aliphatic heterocycles. The molecule has 0 unspecified atom stereocenters. The Bertz CT molecular complexity index is 421. The van der Waals surface area contributed by atoms with E-state index in [1.165, 1.54) is 5.56 Å². The largest absolute Gasteiger partial charge is 0.330 e. The molecular formula is C16H26N2O. The fourth-order valence-electron chi connectivity index (χ4n) is 1.99. The van der Waals surface area contributed by atoms with E-state index in [2.05, 4.69) is 26.8 Å². The lowest BCUT2D eigenvalue weighted by molar-refractivity contribution is -0.120. The number of nitrogens with zero attached hydrogens (tertiary/aromatic N) is 1. The molecule has 3 nitrogen and oxygen atoms in total. The minimum absolute atomic E-state index is 0.00186. The average molecular weight is 262 g/mol. The summed E-state index contributed by atoms with van der Waals surface area (Å²) in [5.41, 5.74) is 7.72. The van der Waals surface area contributed by atoms with Crippen LogP contribution in [0.5, 0.6) is 0 Å². The van der Waals surface area contributed by atoms with Gasteiger partial charge in [-0.1, -0.05) is 32.9 Å². The van der Waals surface area contributed by atoms with Crippen molar-refractivity contribution in [2.45, 2.75) is 40.5 Å². The Balaban J connectivity index is 2.91. The molecule has 0 radical (unpaired) electrons. The van der Waals surface area contributed by atoms with Gasteiger partial charge in [-0.25, -0.2) is 0 Å². The molecule has 0 bridgehead atoms. The minimum atomic E-state index is 0.00186. The van der Waals surface area contributed by atoms with Gasteiger partial charge >= 0.3 is 0 Å². The third kappa shape index (κ3) is 5.43. The van der Waals surface area contributed by atoms with Crippen molar-refractivity contribution in [1.29, 1.82) is 0 Å². The molecular weight excluding hydrogens is 236 g/mol. The summed E-state index contributed by atoms with van der Waals surface area (Å²) in [7, 11) is 0. The maximum Gasteiger partial charge on any atom is 0.227 e. The Morgan fingerprint density at radius 3 is 2.53 bits per heavy atom. The predicted molar refractivity (Wildman–Crippen MR) is 81.3 cm³/mol. The molecule has 1 amide bonds. The zero-order valence-electron chi connectivity index (χ0n) is 12.6. The van der Waals surface area contributed by atoms with Crippen LogP contribution in [-0.2, 0) is 4.79 Å². The molecule has 0 fully saturated rings. The van der Waals surface area contributed by atoms with Crippen LogP contribution in [0.2, 0.25) is 0 Å². The number of nitrogens with two attached hydrogens (primary N) is 1. The monoisotopic (exact) mass is 262 g/mol. The fraction of sp³-hybridized carbons (Fsp3) is 0.562. The number of amides is 1. The number of benzene rings is 1. The third-order valence-corrected chi connectivity index (χ3v) is 2.88. The second-order valence-corrected chi connectivity index (χ2v) is 6.26. The number of aryl methyl sites for hydroxylation is 1. The highest BCUT2D eigenvalue weighted by molar-refractivity contribution is 5.93. The normalized spacial score (nSPS) is 11.4. The summed E-state index contributed by atoms with van der Waals surface area (Å²) in [5, 5.41) is 0. The first kappa shape index (κ1) is 15.7. The van der Waals surface area contributed by atoms with Crippen LogP contribution in [0.3, 0.4) is 0 Å². The number of hydrogen-bond acceptors (Lipinski definition) is 2. The van der Waals surface area contributed by atoms with E-state index in [1.807, 2.05) is 30.0 Å². The molecule has 0 aliphatic rings. The molecule has 1 aromatic carbocycles. The van der Waals surface area contributed by atoms with E-state index in [9.17, 15) is 4.79 Å². The summed E-state index contributed by atoms with van der Waals surface area (Å²) in [6.07, 6.45) is 1.37. The topological polar surface area (TPSA) is 46.3 Å². The van der Waals surface area contributed by atoms with Crippen LogP contribution in [0, 0.1) is 12.3 Å². The quantitative estimate of drug-likeness (QED) is 0.886. The van der Waals surface area contributed by atoms with Gasteiger partial charge in [0.15, 0.2) is 0 Å². The van der Waals surface area contributed by atoms with Gasteiger partial charge in [-0.3, -0.25) is 4.79 Å². The number of hydrogen-bond donors (Lipinski definition) is 1. The molecule has 106 valence electrons. The lowest BCUT2D eigenvalue weighted by Gasteiger charge is -2.27. The van der Waals surface area contributed by atoms with E-state index in [0.29, 0.717) is 19.5 Å². The van der Waals surface area contributed by atoms with Crippen molar-refractivity contribution in [3.05, 3.63) is 29.8 Å². The zero-order valence-corrected chi connectivity index (χ0v) is 12.6. The van der Waals surface area contributed by atoms with Crippen LogP contribution in [0.15, 0.2) is 24.3 Å². The highest BCUT2D eigenvalue weighted by Crippen LogP contribution is 2.23. The van der Waals surface area contributed by atoms with Crippen molar-refractivity contribution in [3.63, 3.8) is 0 Å². The van der Waals surface area contributed by atoms with Gasteiger partial charge in [-0.2, -0.15) is 0 Å². The molecule has 0 aromatic heterocycles. The summed E-state index contributed by atoms with van der Waals surface area (Å²) in [4.78, 5) is 14.3. The predicted octanol–water partition coefficient (Wildman–Crippen LogP) is 3.11. The molecule has 2 N–H and O–H groups in total. The highest BCUT2D eigenvalue weighted by atomic mass is 16.2. The molecule has 19 heavy (non-hydrogen) atoms. The SMILES string of the molecule is Cc1cccc(N(CCCN)C(=O)CC(C)(C)C)c1.